The number of aromatic nitrogens is 1. The highest BCUT2D eigenvalue weighted by Crippen LogP contribution is 2.41. The molecule has 7 nitrogen and oxygen atoms in total. The molecule has 1 heterocycles. The van der Waals surface area contributed by atoms with Crippen LogP contribution in [0.5, 0.6) is 17.2 Å². The zero-order chi connectivity index (χ0) is 24.9. The van der Waals surface area contributed by atoms with Gasteiger partial charge in [-0.25, -0.2) is 4.39 Å². The minimum Gasteiger partial charge on any atom is -0.493 e. The maximum absolute atomic E-state index is 14.1. The van der Waals surface area contributed by atoms with Gasteiger partial charge in [0.2, 0.25) is 5.75 Å². The van der Waals surface area contributed by atoms with Crippen LogP contribution in [0.2, 0.25) is 5.02 Å². The van der Waals surface area contributed by atoms with Crippen LogP contribution in [0.4, 0.5) is 15.8 Å². The molecular formula is C26H25ClFN3O4. The third kappa shape index (κ3) is 5.27. The second kappa shape index (κ2) is 10.6. The minimum atomic E-state index is -0.478. The van der Waals surface area contributed by atoms with Crippen molar-refractivity contribution < 1.29 is 23.4 Å². The van der Waals surface area contributed by atoms with Gasteiger partial charge < -0.3 is 29.8 Å². The maximum atomic E-state index is 14.1. The molecule has 0 aliphatic carbocycles. The van der Waals surface area contributed by atoms with Crippen molar-refractivity contribution in [1.82, 2.24) is 10.3 Å². The van der Waals surface area contributed by atoms with Crippen LogP contribution in [0.25, 0.3) is 10.9 Å². The lowest BCUT2D eigenvalue weighted by atomic mass is 10.1. The van der Waals surface area contributed by atoms with Crippen LogP contribution < -0.4 is 24.8 Å². The van der Waals surface area contributed by atoms with E-state index in [1.165, 1.54) is 39.5 Å². The zero-order valence-corrected chi connectivity index (χ0v) is 20.3. The maximum Gasteiger partial charge on any atom is 0.253 e. The van der Waals surface area contributed by atoms with Crippen LogP contribution in [-0.4, -0.2) is 38.8 Å². The number of fused-ring (bicyclic) bond motifs is 1. The number of amides is 1. The second-order valence-corrected chi connectivity index (χ2v) is 8.18. The van der Waals surface area contributed by atoms with Crippen molar-refractivity contribution in [2.75, 3.05) is 33.2 Å². The fourth-order valence-electron chi connectivity index (χ4n) is 3.90. The summed E-state index contributed by atoms with van der Waals surface area (Å²) in [5.74, 6) is 0.475. The number of nitrogens with one attached hydrogen (secondary N) is 3. The molecule has 0 spiro atoms. The molecule has 1 amide bonds. The number of rotatable bonds is 9. The summed E-state index contributed by atoms with van der Waals surface area (Å²) < 4.78 is 30.2. The lowest BCUT2D eigenvalue weighted by Crippen LogP contribution is -2.26. The molecule has 4 aromatic rings. The average molecular weight is 498 g/mol. The van der Waals surface area contributed by atoms with E-state index in [1.807, 2.05) is 24.4 Å². The number of halogens is 2. The predicted octanol–water partition coefficient (Wildman–Crippen LogP) is 5.70. The summed E-state index contributed by atoms with van der Waals surface area (Å²) in [5.41, 5.74) is 3.14. The fraction of sp³-hybridized carbons (Fsp3) is 0.192. The zero-order valence-electron chi connectivity index (χ0n) is 19.5. The Bertz CT molecular complexity index is 1350. The van der Waals surface area contributed by atoms with Gasteiger partial charge in [-0.2, -0.15) is 0 Å². The molecule has 4 rings (SSSR count). The fourth-order valence-corrected chi connectivity index (χ4v) is 4.07. The van der Waals surface area contributed by atoms with Crippen LogP contribution in [0.3, 0.4) is 0 Å². The molecule has 1 aromatic heterocycles. The van der Waals surface area contributed by atoms with E-state index >= 15 is 0 Å². The number of carbonyl (C=O) groups is 1. The molecule has 0 aliphatic heterocycles. The summed E-state index contributed by atoms with van der Waals surface area (Å²) in [7, 11) is 4.52. The van der Waals surface area contributed by atoms with Crippen molar-refractivity contribution >= 4 is 39.8 Å². The van der Waals surface area contributed by atoms with Gasteiger partial charge in [-0.1, -0.05) is 17.7 Å². The van der Waals surface area contributed by atoms with E-state index in [4.69, 9.17) is 25.8 Å². The quantitative estimate of drug-likeness (QED) is 0.276. The number of aromatic amines is 1. The van der Waals surface area contributed by atoms with E-state index < -0.39 is 5.82 Å². The van der Waals surface area contributed by atoms with Gasteiger partial charge in [0, 0.05) is 46.5 Å². The van der Waals surface area contributed by atoms with Crippen molar-refractivity contribution in [3.63, 3.8) is 0 Å². The minimum absolute atomic E-state index is 0.297. The molecule has 35 heavy (non-hydrogen) atoms. The number of carbonyl (C=O) groups excluding carboxylic acids is 1. The molecule has 3 aromatic carbocycles. The molecule has 0 fully saturated rings. The first-order valence-corrected chi connectivity index (χ1v) is 11.2. The lowest BCUT2D eigenvalue weighted by molar-refractivity contribution is 0.0955. The Kier molecular flexibility index (Phi) is 7.31. The van der Waals surface area contributed by atoms with Gasteiger partial charge in [-0.3, -0.25) is 4.79 Å². The van der Waals surface area contributed by atoms with Gasteiger partial charge >= 0.3 is 0 Å². The third-order valence-corrected chi connectivity index (χ3v) is 5.81. The number of anilines is 2. The predicted molar refractivity (Wildman–Crippen MR) is 135 cm³/mol. The number of benzene rings is 3. The highest BCUT2D eigenvalue weighted by Gasteiger charge is 2.17. The number of ether oxygens (including phenoxy) is 3. The number of hydrogen-bond acceptors (Lipinski definition) is 5. The smallest absolute Gasteiger partial charge is 0.253 e. The largest absolute Gasteiger partial charge is 0.493 e. The number of H-pyrrole nitrogens is 1. The summed E-state index contributed by atoms with van der Waals surface area (Å²) in [6.45, 7) is 0.398. The highest BCUT2D eigenvalue weighted by molar-refractivity contribution is 6.31. The molecule has 0 saturated heterocycles. The lowest BCUT2D eigenvalue weighted by Gasteiger charge is -2.17. The topological polar surface area (TPSA) is 84.6 Å². The first kappa shape index (κ1) is 24.2. The molecule has 0 saturated carbocycles. The van der Waals surface area contributed by atoms with Gasteiger partial charge in [0.15, 0.2) is 11.5 Å². The summed E-state index contributed by atoms with van der Waals surface area (Å²) >= 11 is 6.04. The SMILES string of the molecule is COc1cc(Nc2cc(F)ccc2C(=O)NCCc2c[nH]c3cc(Cl)ccc23)cc(OC)c1OC. The van der Waals surface area contributed by atoms with Crippen molar-refractivity contribution in [1.29, 1.82) is 0 Å². The Balaban J connectivity index is 1.51. The van der Waals surface area contributed by atoms with E-state index in [-0.39, 0.29) is 5.91 Å². The average Bonchev–Trinajstić information content (AvgIpc) is 3.25. The Labute approximate surface area is 207 Å². The van der Waals surface area contributed by atoms with Crippen molar-refractivity contribution in [2.45, 2.75) is 6.42 Å². The number of methoxy groups -OCH3 is 3. The molecule has 0 bridgehead atoms. The van der Waals surface area contributed by atoms with Crippen LogP contribution in [-0.2, 0) is 6.42 Å². The highest BCUT2D eigenvalue weighted by atomic mass is 35.5. The van der Waals surface area contributed by atoms with Crippen molar-refractivity contribution in [3.8, 4) is 17.2 Å². The van der Waals surface area contributed by atoms with Gasteiger partial charge in [-0.05, 0) is 42.3 Å². The first-order valence-electron chi connectivity index (χ1n) is 10.8. The summed E-state index contributed by atoms with van der Waals surface area (Å²) in [6.07, 6.45) is 2.52. The van der Waals surface area contributed by atoms with E-state index in [0.717, 1.165) is 16.5 Å². The molecule has 0 aliphatic rings. The van der Waals surface area contributed by atoms with Gasteiger partial charge in [0.05, 0.1) is 32.6 Å². The molecular weight excluding hydrogens is 473 g/mol. The third-order valence-electron chi connectivity index (χ3n) is 5.58. The van der Waals surface area contributed by atoms with Gasteiger partial charge in [0.25, 0.3) is 5.91 Å². The van der Waals surface area contributed by atoms with Crippen LogP contribution >= 0.6 is 11.6 Å². The van der Waals surface area contributed by atoms with Gasteiger partial charge in [0.1, 0.15) is 5.82 Å². The van der Waals surface area contributed by atoms with Gasteiger partial charge in [-0.15, -0.1) is 0 Å². The van der Waals surface area contributed by atoms with Crippen LogP contribution in [0, 0.1) is 5.82 Å². The second-order valence-electron chi connectivity index (χ2n) is 7.74. The van der Waals surface area contributed by atoms with Crippen molar-refractivity contribution in [3.05, 3.63) is 76.7 Å². The molecule has 3 N–H and O–H groups in total. The molecule has 9 heteroatoms. The normalized spacial score (nSPS) is 10.8. The summed E-state index contributed by atoms with van der Waals surface area (Å²) in [4.78, 5) is 16.2. The van der Waals surface area contributed by atoms with Crippen LogP contribution in [0.1, 0.15) is 15.9 Å². The molecule has 0 unspecified atom stereocenters. The molecule has 182 valence electrons. The van der Waals surface area contributed by atoms with Crippen LogP contribution in [0.15, 0.2) is 54.7 Å². The molecule has 0 atom stereocenters. The standard InChI is InChI=1S/C26H25ClFN3O4/c1-33-23-12-18(13-24(34-2)25(23)35-3)31-22-11-17(28)5-7-20(22)26(32)29-9-8-15-14-30-21-10-16(27)4-6-19(15)21/h4-7,10-14,30-31H,8-9H2,1-3H3,(H,29,32). The van der Waals surface area contributed by atoms with E-state index in [0.29, 0.717) is 52.2 Å². The Hall–Kier alpha value is -3.91. The van der Waals surface area contributed by atoms with E-state index in [9.17, 15) is 9.18 Å². The number of hydrogen-bond donors (Lipinski definition) is 3. The molecule has 0 radical (unpaired) electrons. The Morgan fingerprint density at radius 1 is 1.00 bits per heavy atom. The first-order chi connectivity index (χ1) is 16.9. The van der Waals surface area contributed by atoms with Crippen molar-refractivity contribution in [2.24, 2.45) is 0 Å². The Morgan fingerprint density at radius 3 is 2.43 bits per heavy atom. The Morgan fingerprint density at radius 2 is 1.74 bits per heavy atom. The van der Waals surface area contributed by atoms with E-state index in [1.54, 1.807) is 12.1 Å². The monoisotopic (exact) mass is 497 g/mol. The van der Waals surface area contributed by atoms with E-state index in [2.05, 4.69) is 15.6 Å². The summed E-state index contributed by atoms with van der Waals surface area (Å²) in [6, 6.07) is 13.0. The summed E-state index contributed by atoms with van der Waals surface area (Å²) in [5, 5.41) is 7.71.